The third-order valence-corrected chi connectivity index (χ3v) is 2.44. The molecule has 100 valence electrons. The van der Waals surface area contributed by atoms with Crippen LogP contribution in [0.2, 0.25) is 0 Å². The first kappa shape index (κ1) is 14.6. The Morgan fingerprint density at radius 3 is 2.78 bits per heavy atom. The third-order valence-electron chi connectivity index (χ3n) is 2.44. The number of rotatable bonds is 7. The van der Waals surface area contributed by atoms with E-state index in [0.29, 0.717) is 19.7 Å². The van der Waals surface area contributed by atoms with Gasteiger partial charge in [-0.2, -0.15) is 0 Å². The number of aryl methyl sites for hydroxylation is 1. The highest BCUT2D eigenvalue weighted by Gasteiger charge is 2.10. The van der Waals surface area contributed by atoms with Crippen LogP contribution in [0.25, 0.3) is 0 Å². The Balaban J connectivity index is 2.32. The van der Waals surface area contributed by atoms with Crippen molar-refractivity contribution in [3.8, 4) is 0 Å². The molecular formula is C13H19FN2O2. The quantitative estimate of drug-likeness (QED) is 0.716. The fourth-order valence-corrected chi connectivity index (χ4v) is 1.46. The van der Waals surface area contributed by atoms with E-state index in [1.54, 1.807) is 20.1 Å². The fraction of sp³-hybridized carbons (Fsp3) is 0.462. The first-order valence-electron chi connectivity index (χ1n) is 5.89. The summed E-state index contributed by atoms with van der Waals surface area (Å²) >= 11 is 0. The summed E-state index contributed by atoms with van der Waals surface area (Å²) in [5, 5.41) is 5.74. The minimum atomic E-state index is -0.486. The minimum Gasteiger partial charge on any atom is -0.383 e. The standard InChI is InChI=1S/C13H19FN2O2/c1-10-3-4-11(12(14)9-10)13(17)16-6-5-15-7-8-18-2/h3-4,9,15H,5-8H2,1-2H3,(H,16,17). The molecule has 1 rings (SSSR count). The topological polar surface area (TPSA) is 50.4 Å². The zero-order chi connectivity index (χ0) is 13.4. The third kappa shape index (κ3) is 4.81. The van der Waals surface area contributed by atoms with Crippen LogP contribution in [-0.2, 0) is 4.74 Å². The number of carbonyl (C=O) groups is 1. The van der Waals surface area contributed by atoms with Crippen LogP contribution >= 0.6 is 0 Å². The molecule has 0 aliphatic rings. The zero-order valence-electron chi connectivity index (χ0n) is 10.8. The summed E-state index contributed by atoms with van der Waals surface area (Å²) in [5.74, 6) is -0.874. The molecule has 0 radical (unpaired) electrons. The molecule has 0 aromatic heterocycles. The van der Waals surface area contributed by atoms with E-state index in [2.05, 4.69) is 10.6 Å². The van der Waals surface area contributed by atoms with E-state index in [0.717, 1.165) is 12.1 Å². The maximum atomic E-state index is 13.5. The first-order chi connectivity index (χ1) is 8.65. The number of halogens is 1. The molecule has 1 amide bonds. The largest absolute Gasteiger partial charge is 0.383 e. The van der Waals surface area contributed by atoms with Crippen molar-refractivity contribution in [2.45, 2.75) is 6.92 Å². The number of ether oxygens (including phenoxy) is 1. The van der Waals surface area contributed by atoms with Crippen molar-refractivity contribution in [2.24, 2.45) is 0 Å². The van der Waals surface area contributed by atoms with Gasteiger partial charge >= 0.3 is 0 Å². The van der Waals surface area contributed by atoms with Gasteiger partial charge in [0, 0.05) is 26.7 Å². The van der Waals surface area contributed by atoms with Gasteiger partial charge in [-0.3, -0.25) is 4.79 Å². The predicted molar refractivity (Wildman–Crippen MR) is 68.2 cm³/mol. The summed E-state index contributed by atoms with van der Waals surface area (Å²) in [6.45, 7) is 4.22. The highest BCUT2D eigenvalue weighted by Crippen LogP contribution is 2.09. The molecule has 0 saturated heterocycles. The first-order valence-corrected chi connectivity index (χ1v) is 5.89. The molecule has 0 bridgehead atoms. The van der Waals surface area contributed by atoms with E-state index in [1.807, 2.05) is 0 Å². The molecule has 0 heterocycles. The lowest BCUT2D eigenvalue weighted by Gasteiger charge is -2.07. The lowest BCUT2D eigenvalue weighted by Crippen LogP contribution is -2.33. The van der Waals surface area contributed by atoms with Gasteiger partial charge in [-0.25, -0.2) is 4.39 Å². The lowest BCUT2D eigenvalue weighted by atomic mass is 10.1. The maximum Gasteiger partial charge on any atom is 0.254 e. The van der Waals surface area contributed by atoms with Gasteiger partial charge in [0.05, 0.1) is 12.2 Å². The second kappa shape index (κ2) is 7.79. The monoisotopic (exact) mass is 254 g/mol. The molecule has 0 saturated carbocycles. The highest BCUT2D eigenvalue weighted by atomic mass is 19.1. The van der Waals surface area contributed by atoms with Gasteiger partial charge in [-0.15, -0.1) is 0 Å². The lowest BCUT2D eigenvalue weighted by molar-refractivity contribution is 0.0949. The maximum absolute atomic E-state index is 13.5. The van der Waals surface area contributed by atoms with Crippen molar-refractivity contribution in [3.05, 3.63) is 35.1 Å². The van der Waals surface area contributed by atoms with E-state index >= 15 is 0 Å². The van der Waals surface area contributed by atoms with Gasteiger partial charge in [0.15, 0.2) is 0 Å². The van der Waals surface area contributed by atoms with Crippen molar-refractivity contribution in [2.75, 3.05) is 33.4 Å². The fourth-order valence-electron chi connectivity index (χ4n) is 1.46. The Kier molecular flexibility index (Phi) is 6.32. The molecule has 18 heavy (non-hydrogen) atoms. The highest BCUT2D eigenvalue weighted by molar-refractivity contribution is 5.94. The summed E-state index contributed by atoms with van der Waals surface area (Å²) in [5.41, 5.74) is 0.878. The summed E-state index contributed by atoms with van der Waals surface area (Å²) in [6.07, 6.45) is 0. The van der Waals surface area contributed by atoms with E-state index < -0.39 is 5.82 Å². The molecule has 1 aromatic rings. The number of methoxy groups -OCH3 is 1. The number of nitrogens with one attached hydrogen (secondary N) is 2. The summed E-state index contributed by atoms with van der Waals surface area (Å²) in [4.78, 5) is 11.7. The van der Waals surface area contributed by atoms with Crippen molar-refractivity contribution >= 4 is 5.91 Å². The molecule has 0 fully saturated rings. The number of hydrogen-bond donors (Lipinski definition) is 2. The van der Waals surface area contributed by atoms with Gasteiger partial charge in [0.2, 0.25) is 0 Å². The van der Waals surface area contributed by atoms with E-state index in [1.165, 1.54) is 12.1 Å². The van der Waals surface area contributed by atoms with Crippen molar-refractivity contribution in [1.82, 2.24) is 10.6 Å². The van der Waals surface area contributed by atoms with Crippen LogP contribution in [0.1, 0.15) is 15.9 Å². The minimum absolute atomic E-state index is 0.0810. The Hall–Kier alpha value is -1.46. The molecule has 2 N–H and O–H groups in total. The van der Waals surface area contributed by atoms with Crippen LogP contribution in [0.5, 0.6) is 0 Å². The molecule has 0 atom stereocenters. The predicted octanol–water partition coefficient (Wildman–Crippen LogP) is 1.10. The summed E-state index contributed by atoms with van der Waals surface area (Å²) in [6, 6.07) is 4.57. The Labute approximate surface area is 107 Å². The van der Waals surface area contributed by atoms with Crippen molar-refractivity contribution in [3.63, 3.8) is 0 Å². The van der Waals surface area contributed by atoms with E-state index in [-0.39, 0.29) is 11.5 Å². The van der Waals surface area contributed by atoms with Crippen LogP contribution in [0.4, 0.5) is 4.39 Å². The Bertz CT molecular complexity index is 397. The number of amides is 1. The average molecular weight is 254 g/mol. The van der Waals surface area contributed by atoms with E-state index in [4.69, 9.17) is 4.74 Å². The molecule has 4 nitrogen and oxygen atoms in total. The van der Waals surface area contributed by atoms with Crippen LogP contribution in [0.15, 0.2) is 18.2 Å². The van der Waals surface area contributed by atoms with Crippen LogP contribution < -0.4 is 10.6 Å². The van der Waals surface area contributed by atoms with E-state index in [9.17, 15) is 9.18 Å². The number of carbonyl (C=O) groups excluding carboxylic acids is 1. The SMILES string of the molecule is COCCNCCNC(=O)c1ccc(C)cc1F. The molecular weight excluding hydrogens is 235 g/mol. The zero-order valence-corrected chi connectivity index (χ0v) is 10.8. The molecule has 5 heteroatoms. The molecule has 0 aliphatic heterocycles. The van der Waals surface area contributed by atoms with Gasteiger partial charge in [-0.1, -0.05) is 6.07 Å². The summed E-state index contributed by atoms with van der Waals surface area (Å²) in [7, 11) is 1.63. The van der Waals surface area contributed by atoms with Crippen LogP contribution in [0, 0.1) is 12.7 Å². The number of benzene rings is 1. The van der Waals surface area contributed by atoms with Gasteiger partial charge in [0.25, 0.3) is 5.91 Å². The van der Waals surface area contributed by atoms with Gasteiger partial charge in [0.1, 0.15) is 5.82 Å². The Morgan fingerprint density at radius 2 is 2.11 bits per heavy atom. The van der Waals surface area contributed by atoms with Crippen molar-refractivity contribution in [1.29, 1.82) is 0 Å². The Morgan fingerprint density at radius 1 is 1.33 bits per heavy atom. The molecule has 0 spiro atoms. The van der Waals surface area contributed by atoms with Crippen LogP contribution in [0.3, 0.4) is 0 Å². The van der Waals surface area contributed by atoms with Crippen LogP contribution in [-0.4, -0.2) is 39.3 Å². The molecule has 1 aromatic carbocycles. The second-order valence-corrected chi connectivity index (χ2v) is 3.98. The number of hydrogen-bond acceptors (Lipinski definition) is 3. The second-order valence-electron chi connectivity index (χ2n) is 3.98. The molecule has 0 aliphatic carbocycles. The van der Waals surface area contributed by atoms with Crippen molar-refractivity contribution < 1.29 is 13.9 Å². The average Bonchev–Trinajstić information content (AvgIpc) is 2.33. The normalized spacial score (nSPS) is 10.4. The molecule has 0 unspecified atom stereocenters. The summed E-state index contributed by atoms with van der Waals surface area (Å²) < 4.78 is 18.3. The smallest absolute Gasteiger partial charge is 0.254 e. The van der Waals surface area contributed by atoms with Gasteiger partial charge < -0.3 is 15.4 Å². The van der Waals surface area contributed by atoms with Gasteiger partial charge in [-0.05, 0) is 24.6 Å².